The molecule has 1 atom stereocenters. The molecule has 0 N–H and O–H groups in total. The fraction of sp³-hybridized carbons (Fsp3) is 0.364. The van der Waals surface area contributed by atoms with Crippen LogP contribution in [0.5, 0.6) is 11.5 Å². The van der Waals surface area contributed by atoms with Crippen molar-refractivity contribution in [2.75, 3.05) is 13.2 Å². The van der Waals surface area contributed by atoms with Gasteiger partial charge >= 0.3 is 0 Å². The SMILES string of the molecule is CCOc1cc(C[C@H]2SC(=O)N(CC)C2=O)ccc1OCc1ccc(C)cc1. The van der Waals surface area contributed by atoms with Crippen molar-refractivity contribution in [1.82, 2.24) is 4.90 Å². The van der Waals surface area contributed by atoms with E-state index in [0.29, 0.717) is 37.7 Å². The number of benzene rings is 2. The van der Waals surface area contributed by atoms with Gasteiger partial charge in [0.05, 0.1) is 11.9 Å². The summed E-state index contributed by atoms with van der Waals surface area (Å²) < 4.78 is 11.7. The number of hydrogen-bond donors (Lipinski definition) is 0. The number of hydrogen-bond acceptors (Lipinski definition) is 5. The van der Waals surface area contributed by atoms with Crippen molar-refractivity contribution >= 4 is 22.9 Å². The Morgan fingerprint density at radius 3 is 2.32 bits per heavy atom. The van der Waals surface area contributed by atoms with E-state index in [9.17, 15) is 9.59 Å². The second-order valence-electron chi connectivity index (χ2n) is 6.65. The van der Waals surface area contributed by atoms with Crippen LogP contribution in [0.4, 0.5) is 4.79 Å². The molecule has 0 unspecified atom stereocenters. The summed E-state index contributed by atoms with van der Waals surface area (Å²) in [5.41, 5.74) is 3.24. The lowest BCUT2D eigenvalue weighted by Gasteiger charge is -2.15. The van der Waals surface area contributed by atoms with Crippen LogP contribution >= 0.6 is 11.8 Å². The van der Waals surface area contributed by atoms with Crippen molar-refractivity contribution in [2.45, 2.75) is 39.0 Å². The van der Waals surface area contributed by atoms with Crippen molar-refractivity contribution in [3.8, 4) is 11.5 Å². The summed E-state index contributed by atoms with van der Waals surface area (Å²) in [6.45, 7) is 7.17. The van der Waals surface area contributed by atoms with Crippen LogP contribution in [-0.2, 0) is 17.8 Å². The Hall–Kier alpha value is -2.47. The molecule has 148 valence electrons. The summed E-state index contributed by atoms with van der Waals surface area (Å²) in [6, 6.07) is 13.9. The molecule has 6 heteroatoms. The molecule has 0 aliphatic carbocycles. The van der Waals surface area contributed by atoms with E-state index in [1.54, 1.807) is 0 Å². The lowest BCUT2D eigenvalue weighted by Crippen LogP contribution is -2.31. The number of carbonyl (C=O) groups is 2. The van der Waals surface area contributed by atoms with Crippen LogP contribution in [-0.4, -0.2) is 34.4 Å². The summed E-state index contributed by atoms with van der Waals surface area (Å²) in [5, 5.41) is -0.540. The summed E-state index contributed by atoms with van der Waals surface area (Å²) in [7, 11) is 0. The largest absolute Gasteiger partial charge is 0.490 e. The van der Waals surface area contributed by atoms with E-state index in [4.69, 9.17) is 9.47 Å². The van der Waals surface area contributed by atoms with Crippen LogP contribution in [0.15, 0.2) is 42.5 Å². The van der Waals surface area contributed by atoms with E-state index >= 15 is 0 Å². The molecule has 1 saturated heterocycles. The third-order valence-corrected chi connectivity index (χ3v) is 5.64. The Kier molecular flexibility index (Phi) is 6.62. The Morgan fingerprint density at radius 1 is 0.964 bits per heavy atom. The summed E-state index contributed by atoms with van der Waals surface area (Å²) in [6.07, 6.45) is 0.490. The van der Waals surface area contributed by atoms with Gasteiger partial charge in [0, 0.05) is 6.54 Å². The predicted molar refractivity (Wildman–Crippen MR) is 111 cm³/mol. The second-order valence-corrected chi connectivity index (χ2v) is 7.80. The number of nitrogens with zero attached hydrogens (tertiary/aromatic N) is 1. The van der Waals surface area contributed by atoms with Crippen LogP contribution < -0.4 is 9.47 Å². The minimum Gasteiger partial charge on any atom is -0.490 e. The van der Waals surface area contributed by atoms with E-state index in [1.807, 2.05) is 44.2 Å². The van der Waals surface area contributed by atoms with Gasteiger partial charge in [0.1, 0.15) is 6.61 Å². The highest BCUT2D eigenvalue weighted by molar-refractivity contribution is 8.15. The molecule has 0 aromatic heterocycles. The van der Waals surface area contributed by atoms with Crippen LogP contribution in [0.1, 0.15) is 30.5 Å². The normalized spacial score (nSPS) is 16.5. The minimum absolute atomic E-state index is 0.116. The molecule has 0 spiro atoms. The van der Waals surface area contributed by atoms with Crippen molar-refractivity contribution < 1.29 is 19.1 Å². The first-order valence-corrected chi connectivity index (χ1v) is 10.4. The zero-order valence-electron chi connectivity index (χ0n) is 16.4. The highest BCUT2D eigenvalue weighted by Gasteiger charge is 2.38. The van der Waals surface area contributed by atoms with Gasteiger partial charge < -0.3 is 9.47 Å². The average Bonchev–Trinajstić information content (AvgIpc) is 2.95. The maximum atomic E-state index is 12.3. The number of amides is 2. The number of imide groups is 1. The van der Waals surface area contributed by atoms with Crippen LogP contribution in [0.2, 0.25) is 0 Å². The molecule has 1 aliphatic heterocycles. The van der Waals surface area contributed by atoms with Crippen LogP contribution in [0.3, 0.4) is 0 Å². The van der Waals surface area contributed by atoms with Crippen LogP contribution in [0, 0.1) is 6.92 Å². The van der Waals surface area contributed by atoms with Gasteiger partial charge in [-0.25, -0.2) is 0 Å². The lowest BCUT2D eigenvalue weighted by atomic mass is 10.1. The van der Waals surface area contributed by atoms with Gasteiger partial charge in [0.15, 0.2) is 11.5 Å². The van der Waals surface area contributed by atoms with Gasteiger partial charge in [-0.15, -0.1) is 0 Å². The quantitative estimate of drug-likeness (QED) is 0.649. The van der Waals surface area contributed by atoms with Crippen LogP contribution in [0.25, 0.3) is 0 Å². The summed E-state index contributed by atoms with van der Waals surface area (Å²) >= 11 is 1.10. The summed E-state index contributed by atoms with van der Waals surface area (Å²) in [4.78, 5) is 25.5. The lowest BCUT2D eigenvalue weighted by molar-refractivity contribution is -0.126. The van der Waals surface area contributed by atoms with Gasteiger partial charge in [-0.2, -0.15) is 0 Å². The van der Waals surface area contributed by atoms with E-state index < -0.39 is 0 Å². The van der Waals surface area contributed by atoms with E-state index in [1.165, 1.54) is 10.5 Å². The first-order chi connectivity index (χ1) is 13.5. The fourth-order valence-corrected chi connectivity index (χ4v) is 4.13. The average molecular weight is 400 g/mol. The third-order valence-electron chi connectivity index (χ3n) is 4.57. The second kappa shape index (κ2) is 9.15. The van der Waals surface area contributed by atoms with Gasteiger partial charge in [0.2, 0.25) is 5.91 Å². The standard InChI is InChI=1S/C22H25NO4S/c1-4-23-21(24)20(28-22(23)25)13-17-10-11-18(19(12-17)26-5-2)27-14-16-8-6-15(3)7-9-16/h6-12,20H,4-5,13-14H2,1-3H3/t20-/m1/s1. The maximum Gasteiger partial charge on any atom is 0.289 e. The number of thioether (sulfide) groups is 1. The molecule has 1 heterocycles. The topological polar surface area (TPSA) is 55.8 Å². The Balaban J connectivity index is 1.71. The molecule has 2 aromatic rings. The molecule has 28 heavy (non-hydrogen) atoms. The number of ether oxygens (including phenoxy) is 2. The first-order valence-electron chi connectivity index (χ1n) is 9.47. The van der Waals surface area contributed by atoms with E-state index in [2.05, 4.69) is 19.1 Å². The zero-order chi connectivity index (χ0) is 20.1. The highest BCUT2D eigenvalue weighted by Crippen LogP contribution is 2.33. The molecule has 5 nitrogen and oxygen atoms in total. The van der Waals surface area contributed by atoms with Gasteiger partial charge in [0.25, 0.3) is 5.24 Å². The molecule has 1 fully saturated rings. The maximum absolute atomic E-state index is 12.3. The molecule has 2 amide bonds. The zero-order valence-corrected chi connectivity index (χ0v) is 17.3. The van der Waals surface area contributed by atoms with Gasteiger partial charge in [-0.1, -0.05) is 47.7 Å². The van der Waals surface area contributed by atoms with E-state index in [-0.39, 0.29) is 16.4 Å². The van der Waals surface area contributed by atoms with Crippen molar-refractivity contribution in [3.05, 3.63) is 59.2 Å². The Morgan fingerprint density at radius 2 is 1.68 bits per heavy atom. The first kappa shape index (κ1) is 20.3. The molecule has 0 saturated carbocycles. The monoisotopic (exact) mass is 399 g/mol. The molecule has 1 aliphatic rings. The van der Waals surface area contributed by atoms with Crippen molar-refractivity contribution in [1.29, 1.82) is 0 Å². The van der Waals surface area contributed by atoms with E-state index in [0.717, 1.165) is 22.9 Å². The third kappa shape index (κ3) is 4.68. The number of aryl methyl sites for hydroxylation is 1. The molecule has 2 aromatic carbocycles. The number of carbonyl (C=O) groups excluding carboxylic acids is 2. The molecule has 0 radical (unpaired) electrons. The fourth-order valence-electron chi connectivity index (χ4n) is 3.04. The molecule has 0 bridgehead atoms. The Labute approximate surface area is 170 Å². The number of rotatable bonds is 8. The van der Waals surface area contributed by atoms with Gasteiger partial charge in [-0.3, -0.25) is 14.5 Å². The highest BCUT2D eigenvalue weighted by atomic mass is 32.2. The molecule has 3 rings (SSSR count). The minimum atomic E-state index is -0.374. The van der Waals surface area contributed by atoms with Gasteiger partial charge in [-0.05, 0) is 50.5 Å². The smallest absolute Gasteiger partial charge is 0.289 e. The Bertz CT molecular complexity index is 850. The molecular weight excluding hydrogens is 374 g/mol. The van der Waals surface area contributed by atoms with Crippen molar-refractivity contribution in [3.63, 3.8) is 0 Å². The molecular formula is C22H25NO4S. The van der Waals surface area contributed by atoms with Crippen molar-refractivity contribution in [2.24, 2.45) is 0 Å². The predicted octanol–water partition coefficient (Wildman–Crippen LogP) is 4.60. The summed E-state index contributed by atoms with van der Waals surface area (Å²) in [5.74, 6) is 1.21.